The second-order valence-corrected chi connectivity index (χ2v) is 2.23. The van der Waals surface area contributed by atoms with Crippen LogP contribution >= 0.6 is 0 Å². The van der Waals surface area contributed by atoms with Gasteiger partial charge in [-0.3, -0.25) is 4.79 Å². The molecule has 0 aliphatic heterocycles. The maximum Gasteiger partial charge on any atom is 0.305 e. The van der Waals surface area contributed by atoms with E-state index in [-0.39, 0.29) is 5.97 Å². The first-order valence-corrected chi connectivity index (χ1v) is 3.82. The standard InChI is InChI=1S/C9H15O2/c1-3-4-5-6-7-8-9(10)11-2/h5-6H,1,3-4,7-8H2,2H3. The summed E-state index contributed by atoms with van der Waals surface area (Å²) < 4.78 is 4.47. The first kappa shape index (κ1) is 10.2. The van der Waals surface area contributed by atoms with Crippen LogP contribution in [0.4, 0.5) is 0 Å². The van der Waals surface area contributed by atoms with Crippen molar-refractivity contribution in [3.05, 3.63) is 19.1 Å². The first-order chi connectivity index (χ1) is 5.31. The topological polar surface area (TPSA) is 26.3 Å². The van der Waals surface area contributed by atoms with Crippen molar-refractivity contribution >= 4 is 5.97 Å². The Morgan fingerprint density at radius 1 is 1.45 bits per heavy atom. The molecule has 0 aliphatic rings. The molecule has 0 heterocycles. The molecule has 0 unspecified atom stereocenters. The maximum absolute atomic E-state index is 10.6. The molecule has 0 amide bonds. The summed E-state index contributed by atoms with van der Waals surface area (Å²) in [5, 5.41) is 0. The molecule has 0 aromatic heterocycles. The molecular formula is C9H15O2. The summed E-state index contributed by atoms with van der Waals surface area (Å²) in [6.45, 7) is 3.69. The normalized spacial score (nSPS) is 10.4. The summed E-state index contributed by atoms with van der Waals surface area (Å²) in [6.07, 6.45) is 7.17. The Labute approximate surface area is 68.2 Å². The first-order valence-electron chi connectivity index (χ1n) is 3.82. The minimum absolute atomic E-state index is 0.149. The lowest BCUT2D eigenvalue weighted by molar-refractivity contribution is -0.140. The van der Waals surface area contributed by atoms with Crippen molar-refractivity contribution in [3.63, 3.8) is 0 Å². The zero-order valence-corrected chi connectivity index (χ0v) is 7.01. The molecule has 0 bridgehead atoms. The number of hydrogen-bond acceptors (Lipinski definition) is 2. The summed E-state index contributed by atoms with van der Waals surface area (Å²) in [6, 6.07) is 0. The largest absolute Gasteiger partial charge is 0.469 e. The lowest BCUT2D eigenvalue weighted by Crippen LogP contribution is -1.97. The van der Waals surface area contributed by atoms with Crippen LogP contribution in [0, 0.1) is 6.92 Å². The summed E-state index contributed by atoms with van der Waals surface area (Å²) >= 11 is 0. The van der Waals surface area contributed by atoms with Gasteiger partial charge in [-0.15, -0.1) is 0 Å². The zero-order chi connectivity index (χ0) is 8.53. The molecule has 2 heteroatoms. The van der Waals surface area contributed by atoms with Gasteiger partial charge in [-0.25, -0.2) is 0 Å². The fourth-order valence-electron chi connectivity index (χ4n) is 0.657. The van der Waals surface area contributed by atoms with E-state index in [1.54, 1.807) is 0 Å². The van der Waals surface area contributed by atoms with E-state index in [0.29, 0.717) is 6.42 Å². The summed E-state index contributed by atoms with van der Waals surface area (Å²) in [5.41, 5.74) is 0. The molecule has 0 saturated heterocycles. The summed E-state index contributed by atoms with van der Waals surface area (Å²) in [5.74, 6) is -0.149. The number of hydrogen-bond donors (Lipinski definition) is 0. The van der Waals surface area contributed by atoms with E-state index in [4.69, 9.17) is 0 Å². The predicted octanol–water partition coefficient (Wildman–Crippen LogP) is 2.11. The van der Waals surface area contributed by atoms with Gasteiger partial charge in [-0.1, -0.05) is 19.1 Å². The minimum atomic E-state index is -0.149. The van der Waals surface area contributed by atoms with Gasteiger partial charge in [0.25, 0.3) is 0 Å². The van der Waals surface area contributed by atoms with E-state index in [9.17, 15) is 4.79 Å². The molecule has 0 spiro atoms. The SMILES string of the molecule is [CH2]CCC=CCCC(=O)OC. The fourth-order valence-corrected chi connectivity index (χ4v) is 0.657. The molecule has 1 radical (unpaired) electrons. The van der Waals surface area contributed by atoms with Gasteiger partial charge in [0.2, 0.25) is 0 Å². The van der Waals surface area contributed by atoms with Crippen LogP contribution in [0.2, 0.25) is 0 Å². The van der Waals surface area contributed by atoms with Crippen LogP contribution in [0.1, 0.15) is 25.7 Å². The highest BCUT2D eigenvalue weighted by molar-refractivity contribution is 5.69. The summed E-state index contributed by atoms with van der Waals surface area (Å²) in [4.78, 5) is 10.6. The van der Waals surface area contributed by atoms with Gasteiger partial charge >= 0.3 is 5.97 Å². The van der Waals surface area contributed by atoms with Crippen LogP contribution in [0.15, 0.2) is 12.2 Å². The van der Waals surface area contributed by atoms with Gasteiger partial charge in [0.1, 0.15) is 0 Å². The third-order valence-corrected chi connectivity index (χ3v) is 1.28. The highest BCUT2D eigenvalue weighted by atomic mass is 16.5. The monoisotopic (exact) mass is 155 g/mol. The number of esters is 1. The van der Waals surface area contributed by atoms with Crippen LogP contribution < -0.4 is 0 Å². The Morgan fingerprint density at radius 2 is 2.09 bits per heavy atom. The van der Waals surface area contributed by atoms with Crippen molar-refractivity contribution in [2.75, 3.05) is 7.11 Å². The van der Waals surface area contributed by atoms with Crippen molar-refractivity contribution in [2.45, 2.75) is 25.7 Å². The molecule has 0 aromatic carbocycles. The molecular weight excluding hydrogens is 140 g/mol. The molecule has 0 saturated carbocycles. The Hall–Kier alpha value is -0.790. The van der Waals surface area contributed by atoms with Gasteiger partial charge in [0.15, 0.2) is 0 Å². The molecule has 0 aromatic rings. The molecule has 0 aliphatic carbocycles. The van der Waals surface area contributed by atoms with E-state index >= 15 is 0 Å². The van der Waals surface area contributed by atoms with Crippen LogP contribution in [-0.2, 0) is 9.53 Å². The number of allylic oxidation sites excluding steroid dienone is 2. The average Bonchev–Trinajstić information content (AvgIpc) is 2.04. The smallest absolute Gasteiger partial charge is 0.305 e. The highest BCUT2D eigenvalue weighted by Gasteiger charge is 1.94. The number of carbonyl (C=O) groups is 1. The van der Waals surface area contributed by atoms with Crippen LogP contribution in [-0.4, -0.2) is 13.1 Å². The molecule has 0 rings (SSSR count). The van der Waals surface area contributed by atoms with Crippen LogP contribution in [0.5, 0.6) is 0 Å². The maximum atomic E-state index is 10.6. The number of rotatable bonds is 5. The Morgan fingerprint density at radius 3 is 2.64 bits per heavy atom. The molecule has 2 nitrogen and oxygen atoms in total. The Bertz CT molecular complexity index is 128. The van der Waals surface area contributed by atoms with Crippen molar-refractivity contribution in [3.8, 4) is 0 Å². The Balaban J connectivity index is 3.19. The van der Waals surface area contributed by atoms with E-state index in [1.807, 2.05) is 12.2 Å². The van der Waals surface area contributed by atoms with E-state index in [2.05, 4.69) is 11.7 Å². The van der Waals surface area contributed by atoms with Crippen molar-refractivity contribution in [2.24, 2.45) is 0 Å². The van der Waals surface area contributed by atoms with Crippen molar-refractivity contribution in [1.29, 1.82) is 0 Å². The molecule has 0 atom stereocenters. The van der Waals surface area contributed by atoms with Gasteiger partial charge < -0.3 is 4.74 Å². The average molecular weight is 155 g/mol. The van der Waals surface area contributed by atoms with Gasteiger partial charge in [0.05, 0.1) is 7.11 Å². The molecule has 63 valence electrons. The number of unbranched alkanes of at least 4 members (excludes halogenated alkanes) is 1. The van der Waals surface area contributed by atoms with Crippen LogP contribution in [0.3, 0.4) is 0 Å². The number of ether oxygens (including phenoxy) is 1. The zero-order valence-electron chi connectivity index (χ0n) is 7.01. The van der Waals surface area contributed by atoms with Crippen molar-refractivity contribution < 1.29 is 9.53 Å². The van der Waals surface area contributed by atoms with E-state index < -0.39 is 0 Å². The third kappa shape index (κ3) is 7.10. The number of carbonyl (C=O) groups excluding carboxylic acids is 1. The van der Waals surface area contributed by atoms with Gasteiger partial charge in [0, 0.05) is 6.42 Å². The highest BCUT2D eigenvalue weighted by Crippen LogP contribution is 1.95. The summed E-state index contributed by atoms with van der Waals surface area (Å²) in [7, 11) is 1.40. The lowest BCUT2D eigenvalue weighted by Gasteiger charge is -1.93. The molecule has 0 fully saturated rings. The van der Waals surface area contributed by atoms with Gasteiger partial charge in [-0.2, -0.15) is 0 Å². The number of methoxy groups -OCH3 is 1. The van der Waals surface area contributed by atoms with E-state index in [0.717, 1.165) is 19.3 Å². The molecule has 0 N–H and O–H groups in total. The second-order valence-electron chi connectivity index (χ2n) is 2.23. The van der Waals surface area contributed by atoms with Gasteiger partial charge in [-0.05, 0) is 19.3 Å². The predicted molar refractivity (Wildman–Crippen MR) is 45.0 cm³/mol. The van der Waals surface area contributed by atoms with E-state index in [1.165, 1.54) is 7.11 Å². The Kier molecular flexibility index (Phi) is 6.79. The quantitative estimate of drug-likeness (QED) is 0.449. The second kappa shape index (κ2) is 7.32. The van der Waals surface area contributed by atoms with Crippen molar-refractivity contribution in [1.82, 2.24) is 0 Å². The minimum Gasteiger partial charge on any atom is -0.469 e. The third-order valence-electron chi connectivity index (χ3n) is 1.28. The van der Waals surface area contributed by atoms with Crippen LogP contribution in [0.25, 0.3) is 0 Å². The lowest BCUT2D eigenvalue weighted by atomic mass is 10.2. The molecule has 11 heavy (non-hydrogen) atoms. The fraction of sp³-hybridized carbons (Fsp3) is 0.556.